The number of amides is 1. The summed E-state index contributed by atoms with van der Waals surface area (Å²) in [7, 11) is 0. The lowest BCUT2D eigenvalue weighted by molar-refractivity contribution is -0.128. The molecule has 22 heavy (non-hydrogen) atoms. The standard InChI is InChI=1S/C15H18FN3O2S/c1-9(2)12-18-19-14(22-12)17-13(20)15(3,4)21-11-7-5-10(16)6-8-11/h5-9H,1-4H3,(H,17,19,20). The first-order valence-corrected chi connectivity index (χ1v) is 7.69. The molecule has 7 heteroatoms. The van der Waals surface area contributed by atoms with Crippen LogP contribution in [0.3, 0.4) is 0 Å². The highest BCUT2D eigenvalue weighted by Gasteiger charge is 2.31. The summed E-state index contributed by atoms with van der Waals surface area (Å²) >= 11 is 1.33. The Labute approximate surface area is 132 Å². The number of carbonyl (C=O) groups is 1. The number of nitrogens with zero attached hydrogens (tertiary/aromatic N) is 2. The Kier molecular flexibility index (Phi) is 4.75. The number of ether oxygens (including phenoxy) is 1. The van der Waals surface area contributed by atoms with E-state index < -0.39 is 5.60 Å². The van der Waals surface area contributed by atoms with Crippen LogP contribution in [0.1, 0.15) is 38.6 Å². The van der Waals surface area contributed by atoms with Crippen LogP contribution in [0, 0.1) is 5.82 Å². The summed E-state index contributed by atoms with van der Waals surface area (Å²) in [6, 6.07) is 5.52. The number of hydrogen-bond donors (Lipinski definition) is 1. The number of halogens is 1. The lowest BCUT2D eigenvalue weighted by Crippen LogP contribution is -2.42. The molecule has 0 aliphatic rings. The largest absolute Gasteiger partial charge is 0.478 e. The van der Waals surface area contributed by atoms with Crippen molar-refractivity contribution in [3.63, 3.8) is 0 Å². The number of carbonyl (C=O) groups excluding carboxylic acids is 1. The van der Waals surface area contributed by atoms with Crippen LogP contribution >= 0.6 is 11.3 Å². The van der Waals surface area contributed by atoms with E-state index >= 15 is 0 Å². The van der Waals surface area contributed by atoms with E-state index in [1.807, 2.05) is 13.8 Å². The van der Waals surface area contributed by atoms with Gasteiger partial charge in [0.1, 0.15) is 16.6 Å². The zero-order chi connectivity index (χ0) is 16.3. The molecule has 118 valence electrons. The van der Waals surface area contributed by atoms with Crippen molar-refractivity contribution < 1.29 is 13.9 Å². The van der Waals surface area contributed by atoms with Crippen LogP contribution in [0.25, 0.3) is 0 Å². The van der Waals surface area contributed by atoms with Gasteiger partial charge in [0.25, 0.3) is 5.91 Å². The van der Waals surface area contributed by atoms with Gasteiger partial charge in [-0.3, -0.25) is 10.1 Å². The highest BCUT2D eigenvalue weighted by molar-refractivity contribution is 7.15. The zero-order valence-electron chi connectivity index (χ0n) is 12.9. The van der Waals surface area contributed by atoms with Gasteiger partial charge in [-0.15, -0.1) is 10.2 Å². The van der Waals surface area contributed by atoms with Gasteiger partial charge in [-0.2, -0.15) is 0 Å². The van der Waals surface area contributed by atoms with E-state index in [1.54, 1.807) is 13.8 Å². The first kappa shape index (κ1) is 16.4. The van der Waals surface area contributed by atoms with E-state index in [2.05, 4.69) is 15.5 Å². The van der Waals surface area contributed by atoms with Crippen LogP contribution in [0.15, 0.2) is 24.3 Å². The van der Waals surface area contributed by atoms with Crippen LogP contribution in [-0.4, -0.2) is 21.7 Å². The lowest BCUT2D eigenvalue weighted by Gasteiger charge is -2.24. The maximum absolute atomic E-state index is 12.9. The maximum Gasteiger partial charge on any atom is 0.269 e. The molecule has 1 amide bonds. The minimum Gasteiger partial charge on any atom is -0.478 e. The first-order chi connectivity index (χ1) is 10.3. The van der Waals surface area contributed by atoms with E-state index in [9.17, 15) is 9.18 Å². The number of hydrogen-bond acceptors (Lipinski definition) is 5. The second-order valence-corrected chi connectivity index (χ2v) is 6.63. The SMILES string of the molecule is CC(C)c1nnc(NC(=O)C(C)(C)Oc2ccc(F)cc2)s1. The summed E-state index contributed by atoms with van der Waals surface area (Å²) in [5.74, 6) is -0.0266. The Morgan fingerprint density at radius 1 is 1.27 bits per heavy atom. The summed E-state index contributed by atoms with van der Waals surface area (Å²) in [6.07, 6.45) is 0. The van der Waals surface area contributed by atoms with Gasteiger partial charge >= 0.3 is 0 Å². The van der Waals surface area contributed by atoms with E-state index in [-0.39, 0.29) is 17.6 Å². The predicted molar refractivity (Wildman–Crippen MR) is 83.7 cm³/mol. The molecule has 1 N–H and O–H groups in total. The fraction of sp³-hybridized carbons (Fsp3) is 0.400. The second-order valence-electron chi connectivity index (χ2n) is 5.62. The van der Waals surface area contributed by atoms with Gasteiger partial charge in [0.05, 0.1) is 0 Å². The van der Waals surface area contributed by atoms with Crippen LogP contribution < -0.4 is 10.1 Å². The minimum absolute atomic E-state index is 0.256. The van der Waals surface area contributed by atoms with Gasteiger partial charge in [-0.25, -0.2) is 4.39 Å². The molecule has 0 spiro atoms. The molecule has 0 fully saturated rings. The van der Waals surface area contributed by atoms with Gasteiger partial charge < -0.3 is 4.74 Å². The molecule has 0 aliphatic heterocycles. The van der Waals surface area contributed by atoms with E-state index in [4.69, 9.17) is 4.74 Å². The summed E-state index contributed by atoms with van der Waals surface area (Å²) in [4.78, 5) is 12.3. The van der Waals surface area contributed by atoms with Gasteiger partial charge in [0.15, 0.2) is 5.60 Å². The molecule has 0 bridgehead atoms. The Hall–Kier alpha value is -2.02. The molecule has 0 saturated carbocycles. The Morgan fingerprint density at radius 3 is 2.45 bits per heavy atom. The number of nitrogens with one attached hydrogen (secondary N) is 1. The molecule has 0 radical (unpaired) electrons. The molecule has 0 saturated heterocycles. The van der Waals surface area contributed by atoms with Gasteiger partial charge in [0.2, 0.25) is 5.13 Å². The molecule has 0 atom stereocenters. The summed E-state index contributed by atoms with van der Waals surface area (Å²) < 4.78 is 18.5. The molecule has 2 rings (SSSR count). The highest BCUT2D eigenvalue weighted by atomic mass is 32.1. The van der Waals surface area contributed by atoms with Gasteiger partial charge in [0, 0.05) is 5.92 Å². The molecule has 0 aliphatic carbocycles. The fourth-order valence-corrected chi connectivity index (χ4v) is 2.35. The number of benzene rings is 1. The molecule has 1 aromatic heterocycles. The minimum atomic E-state index is -1.12. The van der Waals surface area contributed by atoms with Gasteiger partial charge in [-0.1, -0.05) is 25.2 Å². The Morgan fingerprint density at radius 2 is 1.91 bits per heavy atom. The molecular formula is C15H18FN3O2S. The van der Waals surface area contributed by atoms with Gasteiger partial charge in [-0.05, 0) is 38.1 Å². The third kappa shape index (κ3) is 4.00. The maximum atomic E-state index is 12.9. The first-order valence-electron chi connectivity index (χ1n) is 6.87. The van der Waals surface area contributed by atoms with E-state index in [0.29, 0.717) is 10.9 Å². The summed E-state index contributed by atoms with van der Waals surface area (Å²) in [5, 5.41) is 11.9. The average molecular weight is 323 g/mol. The number of aromatic nitrogens is 2. The van der Waals surface area contributed by atoms with E-state index in [0.717, 1.165) is 5.01 Å². The van der Waals surface area contributed by atoms with Crippen LogP contribution in [0.2, 0.25) is 0 Å². The third-order valence-corrected chi connectivity index (χ3v) is 4.03. The fourth-order valence-electron chi connectivity index (χ4n) is 1.61. The summed E-state index contributed by atoms with van der Waals surface area (Å²) in [5.41, 5.74) is -1.12. The highest BCUT2D eigenvalue weighted by Crippen LogP contribution is 2.24. The number of anilines is 1. The molecule has 0 unspecified atom stereocenters. The van der Waals surface area contributed by atoms with Crippen molar-refractivity contribution in [1.29, 1.82) is 0 Å². The third-order valence-electron chi connectivity index (χ3n) is 2.89. The quantitative estimate of drug-likeness (QED) is 0.913. The Bertz CT molecular complexity index is 653. The smallest absolute Gasteiger partial charge is 0.269 e. The monoisotopic (exact) mass is 323 g/mol. The number of rotatable bonds is 5. The van der Waals surface area contributed by atoms with E-state index in [1.165, 1.54) is 35.6 Å². The van der Waals surface area contributed by atoms with Crippen molar-refractivity contribution in [2.45, 2.75) is 39.2 Å². The normalized spacial score (nSPS) is 11.5. The second kappa shape index (κ2) is 6.39. The van der Waals surface area contributed by atoms with Crippen LogP contribution in [-0.2, 0) is 4.79 Å². The van der Waals surface area contributed by atoms with Crippen molar-refractivity contribution in [3.8, 4) is 5.75 Å². The van der Waals surface area contributed by atoms with Crippen molar-refractivity contribution in [3.05, 3.63) is 35.1 Å². The molecule has 1 heterocycles. The lowest BCUT2D eigenvalue weighted by atomic mass is 10.1. The Balaban J connectivity index is 2.04. The molecule has 1 aromatic carbocycles. The van der Waals surface area contributed by atoms with Crippen LogP contribution in [0.4, 0.5) is 9.52 Å². The molecule has 5 nitrogen and oxygen atoms in total. The van der Waals surface area contributed by atoms with Crippen molar-refractivity contribution in [2.75, 3.05) is 5.32 Å². The van der Waals surface area contributed by atoms with Crippen molar-refractivity contribution >= 4 is 22.4 Å². The molecular weight excluding hydrogens is 305 g/mol. The molecule has 2 aromatic rings. The zero-order valence-corrected chi connectivity index (χ0v) is 13.7. The van der Waals surface area contributed by atoms with Crippen molar-refractivity contribution in [2.24, 2.45) is 0 Å². The topological polar surface area (TPSA) is 64.1 Å². The van der Waals surface area contributed by atoms with Crippen LogP contribution in [0.5, 0.6) is 5.75 Å². The average Bonchev–Trinajstić information content (AvgIpc) is 2.90. The van der Waals surface area contributed by atoms with Crippen molar-refractivity contribution in [1.82, 2.24) is 10.2 Å². The summed E-state index contributed by atoms with van der Waals surface area (Å²) in [6.45, 7) is 7.29. The predicted octanol–water partition coefficient (Wildman–Crippen LogP) is 3.60.